The van der Waals surface area contributed by atoms with Crippen LogP contribution < -0.4 is 15.8 Å². The number of hydrogen-bond donors (Lipinski definition) is 2. The molecule has 0 bridgehead atoms. The molecule has 6 heteroatoms. The topological polar surface area (TPSA) is 64.3 Å². The lowest BCUT2D eigenvalue weighted by atomic mass is 9.93. The molecule has 0 aliphatic carbocycles. The molecule has 20 heavy (non-hydrogen) atoms. The van der Waals surface area contributed by atoms with Crippen LogP contribution in [-0.2, 0) is 4.79 Å². The molecule has 0 aromatic heterocycles. The zero-order valence-electron chi connectivity index (χ0n) is 11.7. The van der Waals surface area contributed by atoms with Gasteiger partial charge < -0.3 is 15.8 Å². The second kappa shape index (κ2) is 7.72. The van der Waals surface area contributed by atoms with E-state index in [1.54, 1.807) is 18.2 Å². The average Bonchev–Trinajstić information content (AvgIpc) is 2.46. The Morgan fingerprint density at radius 2 is 2.00 bits per heavy atom. The molecule has 0 radical (unpaired) electrons. The van der Waals surface area contributed by atoms with Crippen LogP contribution in [0.2, 0.25) is 10.0 Å². The van der Waals surface area contributed by atoms with Crippen molar-refractivity contribution in [3.63, 3.8) is 0 Å². The number of ether oxygens (including phenoxy) is 1. The standard InChI is InChI=1S/C14H20Cl2N2O2/c1-3-14(4-2,9-17)18-13(19)8-20-12-7-10(15)5-6-11(12)16/h5-7H,3-4,8-9,17H2,1-2H3,(H,18,19). The Kier molecular flexibility index (Phi) is 6.59. The highest BCUT2D eigenvalue weighted by Crippen LogP contribution is 2.27. The van der Waals surface area contributed by atoms with E-state index in [9.17, 15) is 4.79 Å². The van der Waals surface area contributed by atoms with Gasteiger partial charge in [0, 0.05) is 17.6 Å². The maximum absolute atomic E-state index is 11.9. The lowest BCUT2D eigenvalue weighted by molar-refractivity contribution is -0.125. The molecule has 0 fully saturated rings. The first-order valence-electron chi connectivity index (χ1n) is 6.55. The molecule has 0 unspecified atom stereocenters. The van der Waals surface area contributed by atoms with Crippen LogP contribution >= 0.6 is 23.2 Å². The van der Waals surface area contributed by atoms with Gasteiger partial charge in [-0.2, -0.15) is 0 Å². The van der Waals surface area contributed by atoms with Crippen LogP contribution in [0.25, 0.3) is 0 Å². The Balaban J connectivity index is 2.61. The summed E-state index contributed by atoms with van der Waals surface area (Å²) in [5.74, 6) is 0.163. The van der Waals surface area contributed by atoms with E-state index in [1.807, 2.05) is 13.8 Å². The normalized spacial score (nSPS) is 11.2. The predicted octanol–water partition coefficient (Wildman–Crippen LogP) is 3.01. The second-order valence-corrected chi connectivity index (χ2v) is 5.45. The van der Waals surface area contributed by atoms with Crippen LogP contribution in [0.5, 0.6) is 5.75 Å². The van der Waals surface area contributed by atoms with Crippen molar-refractivity contribution in [2.24, 2.45) is 5.73 Å². The zero-order valence-corrected chi connectivity index (χ0v) is 13.2. The molecule has 3 N–H and O–H groups in total. The van der Waals surface area contributed by atoms with E-state index < -0.39 is 0 Å². The van der Waals surface area contributed by atoms with E-state index in [2.05, 4.69) is 5.32 Å². The third-order valence-corrected chi connectivity index (χ3v) is 3.95. The first-order valence-corrected chi connectivity index (χ1v) is 7.31. The minimum atomic E-state index is -0.376. The van der Waals surface area contributed by atoms with Crippen LogP contribution in [0.1, 0.15) is 26.7 Å². The summed E-state index contributed by atoms with van der Waals surface area (Å²) >= 11 is 11.8. The number of benzene rings is 1. The molecular weight excluding hydrogens is 299 g/mol. The molecular formula is C14H20Cl2N2O2. The third kappa shape index (κ3) is 4.54. The Bertz CT molecular complexity index is 454. The molecule has 1 amide bonds. The number of nitrogens with one attached hydrogen (secondary N) is 1. The smallest absolute Gasteiger partial charge is 0.258 e. The average molecular weight is 319 g/mol. The van der Waals surface area contributed by atoms with Crippen LogP contribution in [-0.4, -0.2) is 24.6 Å². The summed E-state index contributed by atoms with van der Waals surface area (Å²) in [4.78, 5) is 11.9. The van der Waals surface area contributed by atoms with Crippen molar-refractivity contribution in [1.82, 2.24) is 5.32 Å². The first kappa shape index (κ1) is 17.1. The maximum Gasteiger partial charge on any atom is 0.258 e. The first-order chi connectivity index (χ1) is 9.46. The lowest BCUT2D eigenvalue weighted by Gasteiger charge is -2.31. The van der Waals surface area contributed by atoms with Gasteiger partial charge in [0.2, 0.25) is 0 Å². The summed E-state index contributed by atoms with van der Waals surface area (Å²) in [7, 11) is 0. The minimum absolute atomic E-state index is 0.123. The Hall–Kier alpha value is -0.970. The predicted molar refractivity (Wildman–Crippen MR) is 82.5 cm³/mol. The van der Waals surface area contributed by atoms with E-state index >= 15 is 0 Å². The fourth-order valence-corrected chi connectivity index (χ4v) is 2.16. The summed E-state index contributed by atoms with van der Waals surface area (Å²) < 4.78 is 5.39. The van der Waals surface area contributed by atoms with E-state index in [4.69, 9.17) is 33.7 Å². The molecule has 112 valence electrons. The Labute approximate surface area is 129 Å². The van der Waals surface area contributed by atoms with E-state index in [0.29, 0.717) is 22.3 Å². The molecule has 0 aliphatic rings. The molecule has 1 aromatic carbocycles. The minimum Gasteiger partial charge on any atom is -0.482 e. The summed E-state index contributed by atoms with van der Waals surface area (Å²) in [6.07, 6.45) is 1.54. The number of nitrogens with two attached hydrogens (primary N) is 1. The van der Waals surface area contributed by atoms with Gasteiger partial charge in [-0.15, -0.1) is 0 Å². The SMILES string of the molecule is CCC(CC)(CN)NC(=O)COc1cc(Cl)ccc1Cl. The van der Waals surface area contributed by atoms with Gasteiger partial charge in [-0.05, 0) is 25.0 Å². The van der Waals surface area contributed by atoms with Crippen LogP contribution in [0, 0.1) is 0 Å². The highest BCUT2D eigenvalue weighted by atomic mass is 35.5. The molecule has 0 saturated heterocycles. The van der Waals surface area contributed by atoms with Crippen molar-refractivity contribution in [2.45, 2.75) is 32.2 Å². The molecule has 1 rings (SSSR count). The fourth-order valence-electron chi connectivity index (χ4n) is 1.83. The Morgan fingerprint density at radius 1 is 1.35 bits per heavy atom. The Morgan fingerprint density at radius 3 is 2.55 bits per heavy atom. The molecule has 0 heterocycles. The number of halogens is 2. The zero-order chi connectivity index (χ0) is 15.2. The van der Waals surface area contributed by atoms with Crippen LogP contribution in [0.15, 0.2) is 18.2 Å². The van der Waals surface area contributed by atoms with Gasteiger partial charge in [-0.3, -0.25) is 4.79 Å². The van der Waals surface area contributed by atoms with Gasteiger partial charge in [-0.25, -0.2) is 0 Å². The summed E-state index contributed by atoms with van der Waals surface area (Å²) in [6, 6.07) is 4.86. The number of carbonyl (C=O) groups excluding carboxylic acids is 1. The van der Waals surface area contributed by atoms with Gasteiger partial charge in [0.15, 0.2) is 6.61 Å². The fraction of sp³-hybridized carbons (Fsp3) is 0.500. The molecule has 1 aromatic rings. The number of carbonyl (C=O) groups is 1. The molecule has 0 aliphatic heterocycles. The van der Waals surface area contributed by atoms with Crippen molar-refractivity contribution < 1.29 is 9.53 Å². The van der Waals surface area contributed by atoms with Gasteiger partial charge in [0.25, 0.3) is 5.91 Å². The van der Waals surface area contributed by atoms with Crippen molar-refractivity contribution in [2.75, 3.05) is 13.2 Å². The van der Waals surface area contributed by atoms with Gasteiger partial charge >= 0.3 is 0 Å². The van der Waals surface area contributed by atoms with E-state index in [1.165, 1.54) is 0 Å². The van der Waals surface area contributed by atoms with Crippen molar-refractivity contribution in [3.8, 4) is 5.75 Å². The van der Waals surface area contributed by atoms with E-state index in [0.717, 1.165) is 12.8 Å². The van der Waals surface area contributed by atoms with Crippen molar-refractivity contribution in [1.29, 1.82) is 0 Å². The van der Waals surface area contributed by atoms with Gasteiger partial charge in [-0.1, -0.05) is 37.0 Å². The van der Waals surface area contributed by atoms with E-state index in [-0.39, 0.29) is 18.1 Å². The van der Waals surface area contributed by atoms with Gasteiger partial charge in [0.1, 0.15) is 5.75 Å². The summed E-state index contributed by atoms with van der Waals surface area (Å²) in [6.45, 7) is 4.25. The monoisotopic (exact) mass is 318 g/mol. The number of hydrogen-bond acceptors (Lipinski definition) is 3. The van der Waals surface area contributed by atoms with Crippen LogP contribution in [0.3, 0.4) is 0 Å². The van der Waals surface area contributed by atoms with Crippen molar-refractivity contribution in [3.05, 3.63) is 28.2 Å². The summed E-state index contributed by atoms with van der Waals surface area (Å²) in [5, 5.41) is 3.84. The van der Waals surface area contributed by atoms with Gasteiger partial charge in [0.05, 0.1) is 10.6 Å². The maximum atomic E-state index is 11.9. The molecule has 4 nitrogen and oxygen atoms in total. The lowest BCUT2D eigenvalue weighted by Crippen LogP contribution is -2.54. The largest absolute Gasteiger partial charge is 0.482 e. The third-order valence-electron chi connectivity index (χ3n) is 3.40. The quantitative estimate of drug-likeness (QED) is 0.812. The number of amides is 1. The molecule has 0 atom stereocenters. The number of rotatable bonds is 7. The van der Waals surface area contributed by atoms with Crippen molar-refractivity contribution >= 4 is 29.1 Å². The second-order valence-electron chi connectivity index (χ2n) is 4.60. The molecule has 0 spiro atoms. The highest BCUT2D eigenvalue weighted by Gasteiger charge is 2.26. The summed E-state index contributed by atoms with van der Waals surface area (Å²) in [5.41, 5.74) is 5.36. The van der Waals surface area contributed by atoms with Crippen LogP contribution in [0.4, 0.5) is 0 Å². The highest BCUT2D eigenvalue weighted by molar-refractivity contribution is 6.34. The molecule has 0 saturated carbocycles.